The normalized spacial score (nSPS) is 10.9. The highest BCUT2D eigenvalue weighted by molar-refractivity contribution is 6.38. The molecule has 0 unspecified atom stereocenters. The molecule has 3 aromatic carbocycles. The Morgan fingerprint density at radius 3 is 2.14 bits per heavy atom. The first-order chi connectivity index (χ1) is 10.0. The third-order valence-electron chi connectivity index (χ3n) is 3.21. The van der Waals surface area contributed by atoms with Gasteiger partial charge in [-0.3, -0.25) is 0 Å². The van der Waals surface area contributed by atoms with Crippen molar-refractivity contribution in [3.63, 3.8) is 0 Å². The van der Waals surface area contributed by atoms with Crippen LogP contribution in [0.1, 0.15) is 5.56 Å². The first-order valence-electron chi connectivity index (χ1n) is 6.36. The fraction of sp³-hybridized carbons (Fsp3) is 0.0588. The number of aryl methyl sites for hydroxylation is 1. The molecule has 0 saturated heterocycles. The smallest absolute Gasteiger partial charge is 0.128 e. The molecule has 21 heavy (non-hydrogen) atoms. The second-order valence-electron chi connectivity index (χ2n) is 4.78. The molecule has 0 aromatic heterocycles. The van der Waals surface area contributed by atoms with Crippen LogP contribution >= 0.6 is 34.8 Å². The Kier molecular flexibility index (Phi) is 3.99. The van der Waals surface area contributed by atoms with Crippen LogP contribution in [0.2, 0.25) is 15.1 Å². The van der Waals surface area contributed by atoms with E-state index in [2.05, 4.69) is 0 Å². The van der Waals surface area contributed by atoms with E-state index in [9.17, 15) is 0 Å². The molecular weight excluding hydrogens is 327 g/mol. The molecule has 0 saturated carbocycles. The minimum absolute atomic E-state index is 0.613. The standard InChI is InChI=1S/C17H11Cl3O/c1-10-6-14(21-13-4-2-11(18)3-5-13)9-16-15(10)7-12(19)8-17(16)20/h2-9H,1H3. The fourth-order valence-corrected chi connectivity index (χ4v) is 2.90. The van der Waals surface area contributed by atoms with Crippen molar-refractivity contribution in [3.8, 4) is 11.5 Å². The van der Waals surface area contributed by atoms with Gasteiger partial charge in [0.2, 0.25) is 0 Å². The van der Waals surface area contributed by atoms with E-state index in [0.717, 1.165) is 27.8 Å². The first-order valence-corrected chi connectivity index (χ1v) is 7.49. The van der Waals surface area contributed by atoms with Gasteiger partial charge in [0.1, 0.15) is 11.5 Å². The molecule has 1 nitrogen and oxygen atoms in total. The van der Waals surface area contributed by atoms with Crippen LogP contribution in [0.15, 0.2) is 48.5 Å². The van der Waals surface area contributed by atoms with Crippen LogP contribution in [0.3, 0.4) is 0 Å². The van der Waals surface area contributed by atoms with Crippen molar-refractivity contribution < 1.29 is 4.74 Å². The zero-order chi connectivity index (χ0) is 15.0. The molecule has 0 radical (unpaired) electrons. The van der Waals surface area contributed by atoms with Gasteiger partial charge in [-0.15, -0.1) is 0 Å². The van der Waals surface area contributed by atoms with Gasteiger partial charge in [-0.05, 0) is 66.4 Å². The molecule has 3 aromatic rings. The monoisotopic (exact) mass is 336 g/mol. The van der Waals surface area contributed by atoms with Crippen molar-refractivity contribution in [2.75, 3.05) is 0 Å². The molecule has 0 bridgehead atoms. The molecule has 0 spiro atoms. The van der Waals surface area contributed by atoms with E-state index in [4.69, 9.17) is 39.5 Å². The minimum Gasteiger partial charge on any atom is -0.457 e. The summed E-state index contributed by atoms with van der Waals surface area (Å²) in [6.07, 6.45) is 0. The highest BCUT2D eigenvalue weighted by Crippen LogP contribution is 2.34. The van der Waals surface area contributed by atoms with Crippen LogP contribution in [0.25, 0.3) is 10.8 Å². The van der Waals surface area contributed by atoms with E-state index < -0.39 is 0 Å². The van der Waals surface area contributed by atoms with Gasteiger partial charge in [-0.25, -0.2) is 0 Å². The van der Waals surface area contributed by atoms with Gasteiger partial charge in [0, 0.05) is 15.4 Å². The van der Waals surface area contributed by atoms with Crippen LogP contribution < -0.4 is 4.74 Å². The summed E-state index contributed by atoms with van der Waals surface area (Å²) in [6.45, 7) is 2.00. The van der Waals surface area contributed by atoms with Crippen LogP contribution in [0, 0.1) is 6.92 Å². The molecule has 0 amide bonds. The van der Waals surface area contributed by atoms with E-state index in [1.165, 1.54) is 0 Å². The Labute approximate surface area is 138 Å². The molecule has 0 aliphatic carbocycles. The van der Waals surface area contributed by atoms with E-state index in [-0.39, 0.29) is 0 Å². The second kappa shape index (κ2) is 5.76. The summed E-state index contributed by atoms with van der Waals surface area (Å²) in [7, 11) is 0. The maximum absolute atomic E-state index is 6.27. The number of halogens is 3. The molecule has 0 aliphatic heterocycles. The van der Waals surface area contributed by atoms with E-state index in [1.807, 2.05) is 37.3 Å². The predicted molar refractivity (Wildman–Crippen MR) is 90.2 cm³/mol. The molecule has 106 valence electrons. The van der Waals surface area contributed by atoms with Crippen molar-refractivity contribution in [1.29, 1.82) is 0 Å². The summed E-state index contributed by atoms with van der Waals surface area (Å²) in [6, 6.07) is 14.7. The average Bonchev–Trinajstić information content (AvgIpc) is 2.43. The Hall–Kier alpha value is -1.41. The molecule has 3 rings (SSSR count). The topological polar surface area (TPSA) is 9.23 Å². The maximum Gasteiger partial charge on any atom is 0.128 e. The summed E-state index contributed by atoms with van der Waals surface area (Å²) < 4.78 is 5.86. The zero-order valence-electron chi connectivity index (χ0n) is 11.2. The van der Waals surface area contributed by atoms with Gasteiger partial charge < -0.3 is 4.74 Å². The molecule has 0 fully saturated rings. The molecule has 0 atom stereocenters. The molecule has 0 heterocycles. The largest absolute Gasteiger partial charge is 0.457 e. The SMILES string of the molecule is Cc1cc(Oc2ccc(Cl)cc2)cc2c(Cl)cc(Cl)cc12. The van der Waals surface area contributed by atoms with Gasteiger partial charge in [0.25, 0.3) is 0 Å². The Balaban J connectivity index is 2.06. The minimum atomic E-state index is 0.613. The van der Waals surface area contributed by atoms with Gasteiger partial charge >= 0.3 is 0 Å². The van der Waals surface area contributed by atoms with Crippen molar-refractivity contribution >= 4 is 45.6 Å². The number of benzene rings is 3. The van der Waals surface area contributed by atoms with Gasteiger partial charge in [-0.2, -0.15) is 0 Å². The van der Waals surface area contributed by atoms with Crippen LogP contribution in [0.5, 0.6) is 11.5 Å². The Morgan fingerprint density at radius 2 is 1.43 bits per heavy atom. The molecule has 0 N–H and O–H groups in total. The summed E-state index contributed by atoms with van der Waals surface area (Å²) in [5.41, 5.74) is 1.06. The van der Waals surface area contributed by atoms with Gasteiger partial charge in [-0.1, -0.05) is 34.8 Å². The summed E-state index contributed by atoms with van der Waals surface area (Å²) in [5, 5.41) is 3.86. The molecular formula is C17H11Cl3O. The lowest BCUT2D eigenvalue weighted by Crippen LogP contribution is -1.87. The van der Waals surface area contributed by atoms with Crippen molar-refractivity contribution in [1.82, 2.24) is 0 Å². The summed E-state index contributed by atoms with van der Waals surface area (Å²) in [5.74, 6) is 1.45. The van der Waals surface area contributed by atoms with Crippen LogP contribution in [-0.2, 0) is 0 Å². The molecule has 4 heteroatoms. The van der Waals surface area contributed by atoms with Crippen LogP contribution in [0.4, 0.5) is 0 Å². The Morgan fingerprint density at radius 1 is 0.714 bits per heavy atom. The first kappa shape index (κ1) is 14.5. The lowest BCUT2D eigenvalue weighted by atomic mass is 10.1. The predicted octanol–water partition coefficient (Wildman–Crippen LogP) is 6.90. The molecule has 0 aliphatic rings. The average molecular weight is 338 g/mol. The van der Waals surface area contributed by atoms with Crippen LogP contribution in [-0.4, -0.2) is 0 Å². The highest BCUT2D eigenvalue weighted by Gasteiger charge is 2.08. The van der Waals surface area contributed by atoms with Gasteiger partial charge in [0.05, 0.1) is 5.02 Å². The van der Waals surface area contributed by atoms with Crippen molar-refractivity contribution in [3.05, 3.63) is 69.2 Å². The summed E-state index contributed by atoms with van der Waals surface area (Å²) >= 11 is 18.2. The zero-order valence-corrected chi connectivity index (χ0v) is 13.4. The van der Waals surface area contributed by atoms with Crippen molar-refractivity contribution in [2.24, 2.45) is 0 Å². The number of ether oxygens (including phenoxy) is 1. The van der Waals surface area contributed by atoms with Gasteiger partial charge in [0.15, 0.2) is 0 Å². The van der Waals surface area contributed by atoms with E-state index in [1.54, 1.807) is 18.2 Å². The number of hydrogen-bond donors (Lipinski definition) is 0. The number of rotatable bonds is 2. The third kappa shape index (κ3) is 3.11. The lowest BCUT2D eigenvalue weighted by molar-refractivity contribution is 0.483. The quantitative estimate of drug-likeness (QED) is 0.494. The lowest BCUT2D eigenvalue weighted by Gasteiger charge is -2.11. The third-order valence-corrected chi connectivity index (χ3v) is 4.00. The van der Waals surface area contributed by atoms with E-state index in [0.29, 0.717) is 15.1 Å². The summed E-state index contributed by atoms with van der Waals surface area (Å²) in [4.78, 5) is 0. The number of hydrogen-bond acceptors (Lipinski definition) is 1. The fourth-order valence-electron chi connectivity index (χ4n) is 2.23. The Bertz CT molecular complexity index is 810. The highest BCUT2D eigenvalue weighted by atomic mass is 35.5. The van der Waals surface area contributed by atoms with E-state index >= 15 is 0 Å². The second-order valence-corrected chi connectivity index (χ2v) is 6.06. The number of fused-ring (bicyclic) bond motifs is 1. The van der Waals surface area contributed by atoms with Crippen molar-refractivity contribution in [2.45, 2.75) is 6.92 Å². The maximum atomic E-state index is 6.27.